The number of piperidine rings is 1. The summed E-state index contributed by atoms with van der Waals surface area (Å²) >= 11 is 0. The van der Waals surface area contributed by atoms with Gasteiger partial charge < -0.3 is 9.57 Å². The van der Waals surface area contributed by atoms with Gasteiger partial charge in [-0.1, -0.05) is 69.3 Å². The molecule has 0 bridgehead atoms. The number of ether oxygens (including phenoxy) is 1. The third-order valence-electron chi connectivity index (χ3n) is 7.37. The molecule has 5 heteroatoms. The van der Waals surface area contributed by atoms with Crippen molar-refractivity contribution in [2.45, 2.75) is 96.1 Å². The molecule has 0 radical (unpaired) electrons. The molecule has 2 aliphatic carbocycles. The van der Waals surface area contributed by atoms with Crippen LogP contribution in [0, 0.1) is 17.8 Å². The molecule has 2 saturated carbocycles. The van der Waals surface area contributed by atoms with E-state index in [-0.39, 0.29) is 11.9 Å². The van der Waals surface area contributed by atoms with Crippen LogP contribution < -0.4 is 0 Å². The Labute approximate surface area is 168 Å². The summed E-state index contributed by atoms with van der Waals surface area (Å²) < 4.78 is 5.58. The fraction of sp³-hybridized carbons (Fsp3) is 0.826. The van der Waals surface area contributed by atoms with Crippen LogP contribution in [-0.4, -0.2) is 29.8 Å². The highest BCUT2D eigenvalue weighted by atomic mass is 16.7. The normalized spacial score (nSPS) is 30.6. The predicted molar refractivity (Wildman–Crippen MR) is 106 cm³/mol. The zero-order valence-electron chi connectivity index (χ0n) is 17.1. The Balaban J connectivity index is 1.52. The monoisotopic (exact) mass is 389 g/mol. The van der Waals surface area contributed by atoms with Gasteiger partial charge in [0.2, 0.25) is 0 Å². The van der Waals surface area contributed by atoms with Crippen molar-refractivity contribution in [3.05, 3.63) is 11.6 Å². The second-order valence-electron chi connectivity index (χ2n) is 9.24. The van der Waals surface area contributed by atoms with Crippen molar-refractivity contribution in [1.82, 2.24) is 5.06 Å². The number of hydroxylamine groups is 2. The van der Waals surface area contributed by atoms with Crippen molar-refractivity contribution < 1.29 is 19.2 Å². The zero-order chi connectivity index (χ0) is 19.3. The maximum Gasteiger partial charge on any atom is 0.353 e. The van der Waals surface area contributed by atoms with E-state index in [2.05, 4.69) is 0 Å². The lowest BCUT2D eigenvalue weighted by molar-refractivity contribution is -0.248. The van der Waals surface area contributed by atoms with Crippen LogP contribution in [0.5, 0.6) is 0 Å². The first-order valence-electron chi connectivity index (χ1n) is 11.6. The number of carbonyl (C=O) groups is 2. The van der Waals surface area contributed by atoms with Crippen LogP contribution in [0.3, 0.4) is 0 Å². The van der Waals surface area contributed by atoms with E-state index in [1.54, 1.807) is 5.06 Å². The number of fused-ring (bicyclic) bond motifs is 1. The molecule has 0 spiro atoms. The summed E-state index contributed by atoms with van der Waals surface area (Å²) in [6.45, 7) is 0.644. The molecule has 3 fully saturated rings. The van der Waals surface area contributed by atoms with Crippen LogP contribution in [-0.2, 0) is 19.2 Å². The summed E-state index contributed by atoms with van der Waals surface area (Å²) in [5, 5.41) is 1.59. The Morgan fingerprint density at radius 2 is 1.46 bits per heavy atom. The zero-order valence-corrected chi connectivity index (χ0v) is 17.1. The number of carbonyl (C=O) groups excluding carboxylic acids is 2. The van der Waals surface area contributed by atoms with E-state index in [4.69, 9.17) is 9.57 Å². The van der Waals surface area contributed by atoms with Gasteiger partial charge in [-0.3, -0.25) is 0 Å². The standard InChI is InChI=1S/C23H35NO4/c25-22-16-19(23(26)28-24-14-8-7-13-21(24)27-22)15-20(17-9-3-1-4-10-17)18-11-5-2-6-12-18/h16-18,20-21H,1-15H2/b19-16-. The number of hydrogen-bond donors (Lipinski definition) is 0. The lowest BCUT2D eigenvalue weighted by Gasteiger charge is -2.39. The van der Waals surface area contributed by atoms with Crippen molar-refractivity contribution in [1.29, 1.82) is 0 Å². The molecule has 0 aromatic carbocycles. The van der Waals surface area contributed by atoms with Gasteiger partial charge >= 0.3 is 11.9 Å². The van der Waals surface area contributed by atoms with Gasteiger partial charge in [-0.05, 0) is 37.0 Å². The molecule has 1 unspecified atom stereocenters. The van der Waals surface area contributed by atoms with Crippen LogP contribution in [0.4, 0.5) is 0 Å². The number of rotatable bonds is 4. The highest BCUT2D eigenvalue weighted by Gasteiger charge is 2.36. The molecule has 0 aromatic rings. The first-order valence-corrected chi connectivity index (χ1v) is 11.6. The van der Waals surface area contributed by atoms with Crippen LogP contribution in [0.15, 0.2) is 11.6 Å². The first-order chi connectivity index (χ1) is 13.7. The van der Waals surface area contributed by atoms with Gasteiger partial charge in [-0.15, -0.1) is 0 Å². The van der Waals surface area contributed by atoms with Crippen molar-refractivity contribution in [3.63, 3.8) is 0 Å². The molecule has 4 aliphatic rings. The second-order valence-corrected chi connectivity index (χ2v) is 9.24. The molecule has 28 heavy (non-hydrogen) atoms. The number of esters is 1. The van der Waals surface area contributed by atoms with Crippen LogP contribution in [0.1, 0.15) is 89.9 Å². The SMILES string of the molecule is O=C1/C=C(/CC(C2CCCCC2)C2CCCCC2)C(=O)ON2CCCCC2O1. The van der Waals surface area contributed by atoms with E-state index < -0.39 is 6.23 Å². The molecule has 0 N–H and O–H groups in total. The topological polar surface area (TPSA) is 55.8 Å². The molecule has 1 saturated heterocycles. The highest BCUT2D eigenvalue weighted by molar-refractivity contribution is 5.96. The van der Waals surface area contributed by atoms with E-state index >= 15 is 0 Å². The van der Waals surface area contributed by atoms with Crippen molar-refractivity contribution >= 4 is 11.9 Å². The van der Waals surface area contributed by atoms with Gasteiger partial charge in [-0.25, -0.2) is 9.59 Å². The van der Waals surface area contributed by atoms with Gasteiger partial charge in [0.05, 0.1) is 0 Å². The summed E-state index contributed by atoms with van der Waals surface area (Å²) in [6, 6.07) is 0. The minimum atomic E-state index is -0.421. The summed E-state index contributed by atoms with van der Waals surface area (Å²) in [6.07, 6.45) is 17.3. The van der Waals surface area contributed by atoms with Crippen molar-refractivity contribution in [2.24, 2.45) is 17.8 Å². The van der Waals surface area contributed by atoms with E-state index in [1.807, 2.05) is 0 Å². The summed E-state index contributed by atoms with van der Waals surface area (Å²) in [5.74, 6) is 1.13. The molecular weight excluding hydrogens is 354 g/mol. The maximum absolute atomic E-state index is 12.9. The first kappa shape index (κ1) is 19.9. The average molecular weight is 390 g/mol. The Hall–Kier alpha value is -1.36. The smallest absolute Gasteiger partial charge is 0.353 e. The van der Waals surface area contributed by atoms with E-state index in [1.165, 1.54) is 70.3 Å². The fourth-order valence-electron chi connectivity index (χ4n) is 5.87. The van der Waals surface area contributed by atoms with E-state index in [9.17, 15) is 9.59 Å². The van der Waals surface area contributed by atoms with E-state index in [0.29, 0.717) is 36.3 Å². The number of nitrogens with zero attached hydrogens (tertiary/aromatic N) is 1. The molecule has 4 rings (SSSR count). The molecule has 156 valence electrons. The minimum absolute atomic E-state index is 0.333. The molecule has 2 aliphatic heterocycles. The lowest BCUT2D eigenvalue weighted by Crippen LogP contribution is -2.45. The molecular formula is C23H35NO4. The van der Waals surface area contributed by atoms with Crippen molar-refractivity contribution in [2.75, 3.05) is 6.54 Å². The van der Waals surface area contributed by atoms with Gasteiger partial charge in [0.1, 0.15) is 0 Å². The minimum Gasteiger partial charge on any atom is -0.440 e. The molecule has 5 nitrogen and oxygen atoms in total. The highest BCUT2D eigenvalue weighted by Crippen LogP contribution is 2.43. The third-order valence-corrected chi connectivity index (χ3v) is 7.37. The second kappa shape index (κ2) is 9.43. The third kappa shape index (κ3) is 4.79. The lowest BCUT2D eigenvalue weighted by atomic mass is 9.67. The van der Waals surface area contributed by atoms with Crippen molar-refractivity contribution in [3.8, 4) is 0 Å². The Morgan fingerprint density at radius 3 is 2.11 bits per heavy atom. The van der Waals surface area contributed by atoms with Gasteiger partial charge in [0.25, 0.3) is 0 Å². The predicted octanol–water partition coefficient (Wildman–Crippen LogP) is 4.91. The maximum atomic E-state index is 12.9. The Kier molecular flexibility index (Phi) is 6.71. The summed E-state index contributed by atoms with van der Waals surface area (Å²) in [7, 11) is 0. The quantitative estimate of drug-likeness (QED) is 0.640. The molecule has 0 amide bonds. The fourth-order valence-corrected chi connectivity index (χ4v) is 5.87. The largest absolute Gasteiger partial charge is 0.440 e. The summed E-state index contributed by atoms with van der Waals surface area (Å²) in [5.41, 5.74) is 0.523. The van der Waals surface area contributed by atoms with Gasteiger partial charge in [0, 0.05) is 24.6 Å². The average Bonchev–Trinajstić information content (AvgIpc) is 2.72. The van der Waals surface area contributed by atoms with Crippen LogP contribution >= 0.6 is 0 Å². The van der Waals surface area contributed by atoms with Gasteiger partial charge in [0.15, 0.2) is 6.23 Å². The Morgan fingerprint density at radius 1 is 0.857 bits per heavy atom. The molecule has 0 aromatic heterocycles. The molecule has 2 heterocycles. The van der Waals surface area contributed by atoms with Crippen LogP contribution in [0.2, 0.25) is 0 Å². The molecule has 1 atom stereocenters. The summed E-state index contributed by atoms with van der Waals surface area (Å²) in [4.78, 5) is 31.1. The van der Waals surface area contributed by atoms with Gasteiger partial charge in [-0.2, -0.15) is 0 Å². The van der Waals surface area contributed by atoms with E-state index in [0.717, 1.165) is 19.3 Å². The number of hydrogen-bond acceptors (Lipinski definition) is 5. The Bertz CT molecular complexity index is 571. The van der Waals surface area contributed by atoms with Crippen LogP contribution in [0.25, 0.3) is 0 Å².